The van der Waals surface area contributed by atoms with Crippen LogP contribution in [0, 0.1) is 0 Å². The minimum Gasteiger partial charge on any atom is -0.385 e. The summed E-state index contributed by atoms with van der Waals surface area (Å²) in [7, 11) is 1.83. The van der Waals surface area contributed by atoms with Gasteiger partial charge >= 0.3 is 0 Å². The van der Waals surface area contributed by atoms with E-state index in [-0.39, 0.29) is 0 Å². The number of hydrogen-bond acceptors (Lipinski definition) is 5. The molecular weight excluding hydrogens is 220 g/mol. The summed E-state index contributed by atoms with van der Waals surface area (Å²) < 4.78 is 6.83. The molecule has 0 aromatic carbocycles. The van der Waals surface area contributed by atoms with Crippen molar-refractivity contribution in [1.82, 2.24) is 19.9 Å². The molecule has 0 radical (unpaired) electrons. The Morgan fingerprint density at radius 2 is 2.24 bits per heavy atom. The number of aliphatic hydroxyl groups excluding tert-OH is 1. The average Bonchev–Trinajstić information content (AvgIpc) is 2.94. The molecule has 0 fully saturated rings. The standard InChI is InChI=1S/C11H16N4O2/c1-4-7-6-8(15(3)13-7)11-12-10(14-17-11)9(16)5-2/h6,9,16H,4-5H2,1-3H3. The van der Waals surface area contributed by atoms with Gasteiger partial charge in [-0.15, -0.1) is 0 Å². The predicted octanol–water partition coefficient (Wildman–Crippen LogP) is 1.48. The number of hydrogen-bond donors (Lipinski definition) is 1. The Bertz CT molecular complexity index is 503. The summed E-state index contributed by atoms with van der Waals surface area (Å²) >= 11 is 0. The third-order valence-corrected chi connectivity index (χ3v) is 2.64. The molecule has 0 aliphatic carbocycles. The molecule has 2 aromatic heterocycles. The summed E-state index contributed by atoms with van der Waals surface area (Å²) in [4.78, 5) is 4.17. The molecule has 0 spiro atoms. The molecule has 0 aliphatic heterocycles. The molecular formula is C11H16N4O2. The number of aryl methyl sites for hydroxylation is 2. The normalized spacial score (nSPS) is 12.9. The SMILES string of the molecule is CCc1cc(-c2nc(C(O)CC)no2)n(C)n1. The van der Waals surface area contributed by atoms with Crippen molar-refractivity contribution in [3.05, 3.63) is 17.6 Å². The first-order chi connectivity index (χ1) is 8.15. The maximum absolute atomic E-state index is 9.60. The molecule has 1 N–H and O–H groups in total. The lowest BCUT2D eigenvalue weighted by atomic mass is 10.2. The Balaban J connectivity index is 2.33. The Morgan fingerprint density at radius 1 is 1.47 bits per heavy atom. The van der Waals surface area contributed by atoms with Crippen LogP contribution in [0.2, 0.25) is 0 Å². The second-order valence-electron chi connectivity index (χ2n) is 3.88. The lowest BCUT2D eigenvalue weighted by Gasteiger charge is -1.98. The van der Waals surface area contributed by atoms with Crippen molar-refractivity contribution in [3.63, 3.8) is 0 Å². The third-order valence-electron chi connectivity index (χ3n) is 2.64. The van der Waals surface area contributed by atoms with Crippen LogP contribution in [0.1, 0.15) is 37.9 Å². The minimum absolute atomic E-state index is 0.321. The topological polar surface area (TPSA) is 77.0 Å². The zero-order chi connectivity index (χ0) is 12.4. The van der Waals surface area contributed by atoms with Crippen molar-refractivity contribution in [2.45, 2.75) is 32.8 Å². The van der Waals surface area contributed by atoms with E-state index in [0.29, 0.717) is 18.1 Å². The van der Waals surface area contributed by atoms with Crippen LogP contribution in [-0.2, 0) is 13.5 Å². The highest BCUT2D eigenvalue weighted by molar-refractivity contribution is 5.47. The van der Waals surface area contributed by atoms with Crippen LogP contribution in [0.4, 0.5) is 0 Å². The van der Waals surface area contributed by atoms with Crippen LogP contribution in [0.3, 0.4) is 0 Å². The molecule has 0 bridgehead atoms. The Hall–Kier alpha value is -1.69. The molecule has 0 saturated carbocycles. The molecule has 6 nitrogen and oxygen atoms in total. The van der Waals surface area contributed by atoms with E-state index in [0.717, 1.165) is 17.8 Å². The van der Waals surface area contributed by atoms with E-state index < -0.39 is 6.10 Å². The second-order valence-corrected chi connectivity index (χ2v) is 3.88. The van der Waals surface area contributed by atoms with Crippen LogP contribution >= 0.6 is 0 Å². The molecule has 17 heavy (non-hydrogen) atoms. The highest BCUT2D eigenvalue weighted by Gasteiger charge is 2.17. The van der Waals surface area contributed by atoms with Gasteiger partial charge in [0.05, 0.1) is 5.69 Å². The van der Waals surface area contributed by atoms with Gasteiger partial charge in [0, 0.05) is 7.05 Å². The van der Waals surface area contributed by atoms with Crippen molar-refractivity contribution in [2.75, 3.05) is 0 Å². The highest BCUT2D eigenvalue weighted by atomic mass is 16.5. The minimum atomic E-state index is -0.675. The predicted molar refractivity (Wildman–Crippen MR) is 61.1 cm³/mol. The molecule has 1 atom stereocenters. The van der Waals surface area contributed by atoms with Crippen molar-refractivity contribution in [2.24, 2.45) is 7.05 Å². The number of aliphatic hydroxyl groups is 1. The summed E-state index contributed by atoms with van der Waals surface area (Å²) in [6, 6.07) is 1.91. The van der Waals surface area contributed by atoms with E-state index in [1.54, 1.807) is 4.68 Å². The molecule has 2 heterocycles. The fourth-order valence-electron chi connectivity index (χ4n) is 1.56. The zero-order valence-corrected chi connectivity index (χ0v) is 10.2. The van der Waals surface area contributed by atoms with Crippen LogP contribution in [0.5, 0.6) is 0 Å². The van der Waals surface area contributed by atoms with Gasteiger partial charge in [0.15, 0.2) is 0 Å². The van der Waals surface area contributed by atoms with Gasteiger partial charge in [0.2, 0.25) is 5.82 Å². The molecule has 2 aromatic rings. The molecule has 0 aliphatic rings. The summed E-state index contributed by atoms with van der Waals surface area (Å²) in [6.45, 7) is 3.89. The highest BCUT2D eigenvalue weighted by Crippen LogP contribution is 2.21. The van der Waals surface area contributed by atoms with Gasteiger partial charge in [-0.25, -0.2) is 0 Å². The van der Waals surface area contributed by atoms with E-state index in [9.17, 15) is 5.11 Å². The maximum Gasteiger partial charge on any atom is 0.276 e. The molecule has 1 unspecified atom stereocenters. The van der Waals surface area contributed by atoms with Crippen LogP contribution in [-0.4, -0.2) is 25.0 Å². The molecule has 0 saturated heterocycles. The fourth-order valence-corrected chi connectivity index (χ4v) is 1.56. The molecule has 6 heteroatoms. The van der Waals surface area contributed by atoms with Gasteiger partial charge in [0.1, 0.15) is 11.8 Å². The Labute approximate surface area is 99.3 Å². The smallest absolute Gasteiger partial charge is 0.276 e. The summed E-state index contributed by atoms with van der Waals surface area (Å²) in [5.74, 6) is 0.712. The average molecular weight is 236 g/mol. The van der Waals surface area contributed by atoms with Gasteiger partial charge in [-0.1, -0.05) is 19.0 Å². The molecule has 92 valence electrons. The zero-order valence-electron chi connectivity index (χ0n) is 10.2. The Kier molecular flexibility index (Phi) is 3.23. The van der Waals surface area contributed by atoms with Crippen LogP contribution in [0.25, 0.3) is 11.6 Å². The van der Waals surface area contributed by atoms with Crippen molar-refractivity contribution < 1.29 is 9.63 Å². The van der Waals surface area contributed by atoms with Crippen LogP contribution < -0.4 is 0 Å². The van der Waals surface area contributed by atoms with Gasteiger partial charge in [-0.2, -0.15) is 10.1 Å². The van der Waals surface area contributed by atoms with Crippen LogP contribution in [0.15, 0.2) is 10.6 Å². The van der Waals surface area contributed by atoms with Crippen molar-refractivity contribution in [3.8, 4) is 11.6 Å². The first kappa shape index (κ1) is 11.8. The second kappa shape index (κ2) is 4.67. The lowest BCUT2D eigenvalue weighted by Crippen LogP contribution is -1.98. The summed E-state index contributed by atoms with van der Waals surface area (Å²) in [5, 5.41) is 17.7. The van der Waals surface area contributed by atoms with Crippen molar-refractivity contribution in [1.29, 1.82) is 0 Å². The van der Waals surface area contributed by atoms with Gasteiger partial charge in [-0.05, 0) is 18.9 Å². The van der Waals surface area contributed by atoms with E-state index in [2.05, 4.69) is 15.2 Å². The number of rotatable bonds is 4. The van der Waals surface area contributed by atoms with E-state index in [1.165, 1.54) is 0 Å². The third kappa shape index (κ3) is 2.21. The van der Waals surface area contributed by atoms with E-state index in [1.807, 2.05) is 27.0 Å². The van der Waals surface area contributed by atoms with E-state index in [4.69, 9.17) is 4.52 Å². The molecule has 2 rings (SSSR count). The monoisotopic (exact) mass is 236 g/mol. The van der Waals surface area contributed by atoms with E-state index >= 15 is 0 Å². The summed E-state index contributed by atoms with van der Waals surface area (Å²) in [6.07, 6.45) is 0.739. The maximum atomic E-state index is 9.60. The first-order valence-corrected chi connectivity index (χ1v) is 5.70. The fraction of sp³-hybridized carbons (Fsp3) is 0.545. The largest absolute Gasteiger partial charge is 0.385 e. The number of aromatic nitrogens is 4. The lowest BCUT2D eigenvalue weighted by molar-refractivity contribution is 0.159. The summed E-state index contributed by atoms with van der Waals surface area (Å²) in [5.41, 5.74) is 1.74. The van der Waals surface area contributed by atoms with Gasteiger partial charge in [-0.3, -0.25) is 4.68 Å². The molecule has 0 amide bonds. The Morgan fingerprint density at radius 3 is 2.82 bits per heavy atom. The van der Waals surface area contributed by atoms with Gasteiger partial charge in [0.25, 0.3) is 5.89 Å². The van der Waals surface area contributed by atoms with Gasteiger partial charge < -0.3 is 9.63 Å². The first-order valence-electron chi connectivity index (χ1n) is 5.70. The number of nitrogens with zero attached hydrogens (tertiary/aromatic N) is 4. The van der Waals surface area contributed by atoms with Crippen molar-refractivity contribution >= 4 is 0 Å². The quantitative estimate of drug-likeness (QED) is 0.870.